The van der Waals surface area contributed by atoms with Crippen molar-refractivity contribution in [1.82, 2.24) is 0 Å². The molecule has 0 spiro atoms. The minimum absolute atomic E-state index is 0. The molecule has 0 saturated carbocycles. The lowest BCUT2D eigenvalue weighted by Crippen LogP contribution is -2.37. The van der Waals surface area contributed by atoms with Crippen LogP contribution in [0.25, 0.3) is 11.1 Å². The van der Waals surface area contributed by atoms with Crippen LogP contribution in [0.1, 0.15) is 28.8 Å². The van der Waals surface area contributed by atoms with Gasteiger partial charge in [0.1, 0.15) is 18.2 Å². The monoisotopic (exact) mass is 551 g/mol. The third kappa shape index (κ3) is 6.74. The number of nitrogen functional groups attached to an aromatic ring is 1. The number of amides is 1. The van der Waals surface area contributed by atoms with Crippen LogP contribution in [0.3, 0.4) is 0 Å². The van der Waals surface area contributed by atoms with Crippen molar-refractivity contribution in [3.8, 4) is 16.9 Å². The zero-order valence-corrected chi connectivity index (χ0v) is 22.4. The van der Waals surface area contributed by atoms with E-state index in [1.807, 2.05) is 36.4 Å². The summed E-state index contributed by atoms with van der Waals surface area (Å²) >= 11 is 0. The van der Waals surface area contributed by atoms with E-state index in [1.165, 1.54) is 14.2 Å². The number of benzene rings is 3. The summed E-state index contributed by atoms with van der Waals surface area (Å²) in [7, 11) is 2.59. The number of halogens is 1. The zero-order chi connectivity index (χ0) is 27.2. The second kappa shape index (κ2) is 12.9. The van der Waals surface area contributed by atoms with Crippen molar-refractivity contribution in [2.24, 2.45) is 11.7 Å². The lowest BCUT2D eigenvalue weighted by molar-refractivity contribution is -0.143. The number of anilines is 1. The maximum atomic E-state index is 13.3. The number of esters is 2. The summed E-state index contributed by atoms with van der Waals surface area (Å²) in [5, 5.41) is 7.52. The molecule has 9 nitrogen and oxygen atoms in total. The summed E-state index contributed by atoms with van der Waals surface area (Å²) in [6, 6.07) is 21.2. The molecule has 3 aromatic rings. The molecule has 0 aromatic heterocycles. The fourth-order valence-electron chi connectivity index (χ4n) is 4.53. The van der Waals surface area contributed by atoms with Gasteiger partial charge in [-0.15, -0.1) is 12.4 Å². The highest BCUT2D eigenvalue weighted by Gasteiger charge is 2.42. The lowest BCUT2D eigenvalue weighted by atomic mass is 10.0. The van der Waals surface area contributed by atoms with Crippen molar-refractivity contribution in [3.05, 3.63) is 83.9 Å². The molecule has 0 aliphatic carbocycles. The summed E-state index contributed by atoms with van der Waals surface area (Å²) in [5.74, 6) is -1.10. The number of rotatable bonds is 9. The molecule has 1 fully saturated rings. The number of hydrogen-bond donors (Lipinski definition) is 2. The molecule has 39 heavy (non-hydrogen) atoms. The number of carbonyl (C=O) groups excluding carboxylic acids is 3. The molecule has 2 atom stereocenters. The second-order valence-corrected chi connectivity index (χ2v) is 8.94. The van der Waals surface area contributed by atoms with Crippen molar-refractivity contribution in [2.75, 3.05) is 25.7 Å². The summed E-state index contributed by atoms with van der Waals surface area (Å²) in [6.07, 6.45) is 0.368. The topological polar surface area (TPSA) is 132 Å². The number of nitrogens with one attached hydrogen (secondary N) is 1. The van der Waals surface area contributed by atoms with E-state index >= 15 is 0 Å². The molecule has 1 aliphatic heterocycles. The molecule has 1 heterocycles. The van der Waals surface area contributed by atoms with Gasteiger partial charge in [0, 0.05) is 11.3 Å². The quantitative estimate of drug-likeness (QED) is 0.231. The van der Waals surface area contributed by atoms with Gasteiger partial charge in [-0.2, -0.15) is 0 Å². The summed E-state index contributed by atoms with van der Waals surface area (Å²) < 4.78 is 15.7. The number of nitrogens with zero attached hydrogens (tertiary/aromatic N) is 1. The first kappa shape index (κ1) is 29.2. The highest BCUT2D eigenvalue weighted by atomic mass is 35.5. The van der Waals surface area contributed by atoms with Crippen LogP contribution >= 0.6 is 12.4 Å². The second-order valence-electron chi connectivity index (χ2n) is 8.94. The molecule has 4 rings (SSSR count). The van der Waals surface area contributed by atoms with Crippen LogP contribution < -0.4 is 15.4 Å². The molecule has 204 valence electrons. The maximum absolute atomic E-state index is 13.3. The lowest BCUT2D eigenvalue weighted by Gasteiger charge is -2.25. The molecule has 1 amide bonds. The third-order valence-electron chi connectivity index (χ3n) is 6.52. The van der Waals surface area contributed by atoms with E-state index in [-0.39, 0.29) is 43.2 Å². The van der Waals surface area contributed by atoms with Crippen molar-refractivity contribution < 1.29 is 28.6 Å². The van der Waals surface area contributed by atoms with E-state index in [1.54, 1.807) is 41.3 Å². The van der Waals surface area contributed by atoms with Gasteiger partial charge in [0.15, 0.2) is 0 Å². The zero-order valence-electron chi connectivity index (χ0n) is 21.6. The van der Waals surface area contributed by atoms with Crippen LogP contribution in [-0.4, -0.2) is 50.5 Å². The summed E-state index contributed by atoms with van der Waals surface area (Å²) in [6.45, 7) is 0.193. The highest BCUT2D eigenvalue weighted by molar-refractivity contribution is 6.01. The molecular formula is C29H30ClN3O6. The fraction of sp³-hybridized carbons (Fsp3) is 0.241. The van der Waals surface area contributed by atoms with Crippen LogP contribution in [0.4, 0.5) is 5.69 Å². The molecule has 0 bridgehead atoms. The van der Waals surface area contributed by atoms with Crippen molar-refractivity contribution in [3.63, 3.8) is 0 Å². The van der Waals surface area contributed by atoms with Crippen LogP contribution in [0, 0.1) is 11.3 Å². The van der Waals surface area contributed by atoms with E-state index in [4.69, 9.17) is 25.4 Å². The Bertz CT molecular complexity index is 1340. The SMILES string of the molecule is COC(=O)C[C@@H]1C[C@@H](COc2ccc(-c3ccc(C(=N)N)cc3)cc2)N(c2cccc(C(=O)OC)c2)C1=O.Cl. The first-order chi connectivity index (χ1) is 18.3. The predicted molar refractivity (Wildman–Crippen MR) is 149 cm³/mol. The number of methoxy groups -OCH3 is 2. The van der Waals surface area contributed by atoms with Crippen LogP contribution in [0.15, 0.2) is 72.8 Å². The molecule has 3 aromatic carbocycles. The molecule has 0 radical (unpaired) electrons. The number of ether oxygens (including phenoxy) is 3. The van der Waals surface area contributed by atoms with Crippen molar-refractivity contribution >= 4 is 41.8 Å². The Balaban J connectivity index is 0.00000420. The number of amidine groups is 1. The Labute approximate surface area is 232 Å². The molecule has 0 unspecified atom stereocenters. The highest BCUT2D eigenvalue weighted by Crippen LogP contribution is 2.34. The minimum atomic E-state index is -0.557. The van der Waals surface area contributed by atoms with Gasteiger partial charge in [-0.1, -0.05) is 42.5 Å². The molecule has 3 N–H and O–H groups in total. The van der Waals surface area contributed by atoms with Crippen molar-refractivity contribution in [1.29, 1.82) is 5.41 Å². The first-order valence-corrected chi connectivity index (χ1v) is 12.1. The minimum Gasteiger partial charge on any atom is -0.491 e. The van der Waals surface area contributed by atoms with Crippen molar-refractivity contribution in [2.45, 2.75) is 18.9 Å². The van der Waals surface area contributed by atoms with Gasteiger partial charge in [0.2, 0.25) is 5.91 Å². The van der Waals surface area contributed by atoms with Crippen LogP contribution in [-0.2, 0) is 19.1 Å². The number of nitrogens with two attached hydrogens (primary N) is 1. The third-order valence-corrected chi connectivity index (χ3v) is 6.52. The average Bonchev–Trinajstić information content (AvgIpc) is 3.26. The maximum Gasteiger partial charge on any atom is 0.337 e. The normalized spacial score (nSPS) is 16.3. The summed E-state index contributed by atoms with van der Waals surface area (Å²) in [5.41, 5.74) is 8.99. The van der Waals surface area contributed by atoms with E-state index in [0.717, 1.165) is 11.1 Å². The van der Waals surface area contributed by atoms with E-state index in [9.17, 15) is 14.4 Å². The van der Waals surface area contributed by atoms with Gasteiger partial charge >= 0.3 is 11.9 Å². The Morgan fingerprint density at radius 1 is 0.949 bits per heavy atom. The Morgan fingerprint density at radius 3 is 2.18 bits per heavy atom. The van der Waals surface area contributed by atoms with E-state index in [0.29, 0.717) is 29.0 Å². The molecular weight excluding hydrogens is 522 g/mol. The molecule has 1 saturated heterocycles. The van der Waals surface area contributed by atoms with Gasteiger partial charge in [-0.05, 0) is 47.9 Å². The average molecular weight is 552 g/mol. The van der Waals surface area contributed by atoms with Gasteiger partial charge in [-0.3, -0.25) is 15.0 Å². The summed E-state index contributed by atoms with van der Waals surface area (Å²) in [4.78, 5) is 38.9. The molecule has 10 heteroatoms. The van der Waals surface area contributed by atoms with Crippen LogP contribution in [0.2, 0.25) is 0 Å². The fourth-order valence-corrected chi connectivity index (χ4v) is 4.53. The Kier molecular flexibility index (Phi) is 9.68. The van der Waals surface area contributed by atoms with Gasteiger partial charge < -0.3 is 24.8 Å². The Morgan fingerprint density at radius 2 is 1.59 bits per heavy atom. The first-order valence-electron chi connectivity index (χ1n) is 12.1. The molecule has 1 aliphatic rings. The standard InChI is InChI=1S/C29H29N3O6.ClH/c1-36-26(33)16-22-15-24(32(28(22)34)23-5-3-4-21(14-23)29(35)37-2)17-38-25-12-10-19(11-13-25)18-6-8-20(9-7-18)27(30)31;/h3-14,22,24H,15-17H2,1-2H3,(H3,30,31);1H/t22-,24-;/m0./s1. The largest absolute Gasteiger partial charge is 0.491 e. The van der Waals surface area contributed by atoms with E-state index < -0.39 is 17.9 Å². The van der Waals surface area contributed by atoms with Gasteiger partial charge in [0.25, 0.3) is 0 Å². The smallest absolute Gasteiger partial charge is 0.337 e. The number of hydrogen-bond acceptors (Lipinski definition) is 7. The Hall–Kier alpha value is -4.37. The van der Waals surface area contributed by atoms with Gasteiger partial charge in [-0.25, -0.2) is 4.79 Å². The van der Waals surface area contributed by atoms with Gasteiger partial charge in [0.05, 0.1) is 38.2 Å². The number of carbonyl (C=O) groups is 3. The van der Waals surface area contributed by atoms with E-state index in [2.05, 4.69) is 0 Å². The van der Waals surface area contributed by atoms with Crippen LogP contribution in [0.5, 0.6) is 5.75 Å². The predicted octanol–water partition coefficient (Wildman–Crippen LogP) is 4.21.